The fourth-order valence-electron chi connectivity index (χ4n) is 1.82. The van der Waals surface area contributed by atoms with Crippen LogP contribution < -0.4 is 10.6 Å². The number of carbonyl (C=O) groups is 2. The van der Waals surface area contributed by atoms with Gasteiger partial charge in [-0.1, -0.05) is 42.4 Å². The zero-order valence-corrected chi connectivity index (χ0v) is 14.0. The molecule has 0 aliphatic carbocycles. The van der Waals surface area contributed by atoms with Crippen molar-refractivity contribution < 1.29 is 9.59 Å². The minimum atomic E-state index is -0.453. The van der Waals surface area contributed by atoms with Gasteiger partial charge in [-0.15, -0.1) is 0 Å². The lowest BCUT2D eigenvalue weighted by molar-refractivity contribution is -0.122. The van der Waals surface area contributed by atoms with Crippen LogP contribution in [0.25, 0.3) is 0 Å². The molecule has 0 radical (unpaired) electrons. The van der Waals surface area contributed by atoms with Gasteiger partial charge >= 0.3 is 0 Å². The minimum Gasteiger partial charge on any atom is -0.325 e. The number of para-hydroxylation sites is 1. The van der Waals surface area contributed by atoms with Crippen LogP contribution in [0.2, 0.25) is 5.02 Å². The number of hydrogen-bond acceptors (Lipinski definition) is 4. The summed E-state index contributed by atoms with van der Waals surface area (Å²) in [6.07, 6.45) is 0.985. The van der Waals surface area contributed by atoms with Gasteiger partial charge in [0.25, 0.3) is 0 Å². The maximum absolute atomic E-state index is 12.0. The molecule has 1 fully saturated rings. The van der Waals surface area contributed by atoms with Crippen molar-refractivity contribution in [3.05, 3.63) is 29.3 Å². The fourth-order valence-corrected chi connectivity index (χ4v) is 3.08. The topological polar surface area (TPSA) is 70.6 Å². The zero-order chi connectivity index (χ0) is 16.1. The number of halogens is 1. The summed E-state index contributed by atoms with van der Waals surface area (Å²) in [5.41, 5.74) is 0.547. The van der Waals surface area contributed by atoms with Gasteiger partial charge in [-0.25, -0.2) is 0 Å². The number of benzene rings is 1. The van der Waals surface area contributed by atoms with Crippen molar-refractivity contribution in [2.75, 3.05) is 5.32 Å². The highest BCUT2D eigenvalue weighted by molar-refractivity contribution is 8.15. The van der Waals surface area contributed by atoms with E-state index in [4.69, 9.17) is 11.6 Å². The molecule has 7 heteroatoms. The molecule has 1 aliphatic heterocycles. The molecule has 1 aromatic rings. The maximum atomic E-state index is 12.0. The Hall–Kier alpha value is -1.53. The van der Waals surface area contributed by atoms with Crippen molar-refractivity contribution in [1.82, 2.24) is 5.32 Å². The van der Waals surface area contributed by atoms with Crippen molar-refractivity contribution >= 4 is 46.0 Å². The Morgan fingerprint density at radius 2 is 2.23 bits per heavy atom. The summed E-state index contributed by atoms with van der Waals surface area (Å²) in [4.78, 5) is 28.3. The largest absolute Gasteiger partial charge is 0.325 e. The van der Waals surface area contributed by atoms with E-state index in [1.165, 1.54) is 11.8 Å². The van der Waals surface area contributed by atoms with Crippen LogP contribution >= 0.6 is 23.4 Å². The molecule has 2 atom stereocenters. The molecule has 118 valence electrons. The van der Waals surface area contributed by atoms with Crippen LogP contribution in [0.3, 0.4) is 0 Å². The Morgan fingerprint density at radius 1 is 1.50 bits per heavy atom. The van der Waals surface area contributed by atoms with Gasteiger partial charge in [0.2, 0.25) is 11.8 Å². The third-order valence-corrected chi connectivity index (χ3v) is 4.65. The molecule has 0 aromatic heterocycles. The number of carbonyl (C=O) groups excluding carboxylic acids is 2. The van der Waals surface area contributed by atoms with Gasteiger partial charge in [0.15, 0.2) is 5.17 Å². The number of rotatable bonds is 5. The van der Waals surface area contributed by atoms with Crippen LogP contribution in [0.4, 0.5) is 5.69 Å². The monoisotopic (exact) mass is 339 g/mol. The summed E-state index contributed by atoms with van der Waals surface area (Å²) in [7, 11) is 0. The average Bonchev–Trinajstić information content (AvgIpc) is 2.81. The molecule has 0 unspecified atom stereocenters. The summed E-state index contributed by atoms with van der Waals surface area (Å²) in [6.45, 7) is 4.02. The number of anilines is 1. The molecule has 1 aliphatic rings. The van der Waals surface area contributed by atoms with E-state index in [9.17, 15) is 9.59 Å². The Labute approximate surface area is 138 Å². The number of nitrogens with zero attached hydrogens (tertiary/aromatic N) is 1. The van der Waals surface area contributed by atoms with Crippen LogP contribution in [-0.2, 0) is 9.59 Å². The SMILES string of the molecule is CC[C@H](C)N=C1NC(=O)[C@H](CC(=O)Nc2ccccc2Cl)S1. The van der Waals surface area contributed by atoms with E-state index in [0.29, 0.717) is 15.9 Å². The predicted molar refractivity (Wildman–Crippen MR) is 91.4 cm³/mol. The average molecular weight is 340 g/mol. The third-order valence-electron chi connectivity index (χ3n) is 3.22. The first-order valence-corrected chi connectivity index (χ1v) is 8.35. The molecule has 1 saturated heterocycles. The second-order valence-corrected chi connectivity index (χ2v) is 6.62. The summed E-state index contributed by atoms with van der Waals surface area (Å²) >= 11 is 7.29. The summed E-state index contributed by atoms with van der Waals surface area (Å²) < 4.78 is 0. The summed E-state index contributed by atoms with van der Waals surface area (Å²) in [5, 5.41) is 6.05. The standard InChI is InChI=1S/C15H18ClN3O2S/c1-3-9(2)17-15-19-14(21)12(22-15)8-13(20)18-11-7-5-4-6-10(11)16/h4-7,9,12H,3,8H2,1-2H3,(H,18,20)(H,17,19,21)/t9-,12-/m0/s1. The molecular formula is C15H18ClN3O2S. The summed E-state index contributed by atoms with van der Waals surface area (Å²) in [5.74, 6) is -0.424. The molecule has 1 aromatic carbocycles. The normalized spacial score (nSPS) is 20.8. The Balaban J connectivity index is 1.94. The molecule has 1 heterocycles. The van der Waals surface area contributed by atoms with Gasteiger partial charge < -0.3 is 10.6 Å². The van der Waals surface area contributed by atoms with Crippen molar-refractivity contribution in [2.24, 2.45) is 4.99 Å². The second-order valence-electron chi connectivity index (χ2n) is 5.02. The number of thioether (sulfide) groups is 1. The second kappa shape index (κ2) is 7.65. The van der Waals surface area contributed by atoms with Gasteiger partial charge in [0, 0.05) is 12.5 Å². The van der Waals surface area contributed by atoms with E-state index in [1.807, 2.05) is 13.8 Å². The number of nitrogens with one attached hydrogen (secondary N) is 2. The van der Waals surface area contributed by atoms with Gasteiger partial charge in [0.05, 0.1) is 10.7 Å². The first kappa shape index (κ1) is 16.8. The van der Waals surface area contributed by atoms with Gasteiger partial charge in [-0.2, -0.15) is 0 Å². The fraction of sp³-hybridized carbons (Fsp3) is 0.400. The molecule has 0 saturated carbocycles. The van der Waals surface area contributed by atoms with E-state index in [-0.39, 0.29) is 24.3 Å². The molecule has 2 rings (SSSR count). The lowest BCUT2D eigenvalue weighted by Crippen LogP contribution is -2.28. The highest BCUT2D eigenvalue weighted by atomic mass is 35.5. The quantitative estimate of drug-likeness (QED) is 0.866. The minimum absolute atomic E-state index is 0.0846. The van der Waals surface area contributed by atoms with E-state index in [2.05, 4.69) is 15.6 Å². The third kappa shape index (κ3) is 4.48. The molecule has 0 spiro atoms. The highest BCUT2D eigenvalue weighted by Gasteiger charge is 2.32. The number of amidine groups is 1. The van der Waals surface area contributed by atoms with Crippen LogP contribution in [0, 0.1) is 0 Å². The van der Waals surface area contributed by atoms with Gasteiger partial charge in [-0.05, 0) is 25.5 Å². The molecule has 0 bridgehead atoms. The zero-order valence-electron chi connectivity index (χ0n) is 12.4. The number of hydrogen-bond donors (Lipinski definition) is 2. The van der Waals surface area contributed by atoms with E-state index in [0.717, 1.165) is 6.42 Å². The Bertz CT molecular complexity index is 606. The van der Waals surface area contributed by atoms with E-state index in [1.54, 1.807) is 24.3 Å². The number of aliphatic imine (C=N–C) groups is 1. The Morgan fingerprint density at radius 3 is 2.91 bits per heavy atom. The van der Waals surface area contributed by atoms with Crippen molar-refractivity contribution in [2.45, 2.75) is 38.0 Å². The van der Waals surface area contributed by atoms with Crippen LogP contribution in [-0.4, -0.2) is 28.3 Å². The summed E-state index contributed by atoms with van der Waals surface area (Å²) in [6, 6.07) is 7.15. The first-order valence-electron chi connectivity index (χ1n) is 7.09. The van der Waals surface area contributed by atoms with E-state index < -0.39 is 5.25 Å². The molecule has 2 N–H and O–H groups in total. The smallest absolute Gasteiger partial charge is 0.240 e. The van der Waals surface area contributed by atoms with Crippen LogP contribution in [0.1, 0.15) is 26.7 Å². The van der Waals surface area contributed by atoms with Crippen LogP contribution in [0.15, 0.2) is 29.3 Å². The maximum Gasteiger partial charge on any atom is 0.240 e. The van der Waals surface area contributed by atoms with Crippen molar-refractivity contribution in [1.29, 1.82) is 0 Å². The first-order chi connectivity index (χ1) is 10.5. The highest BCUT2D eigenvalue weighted by Crippen LogP contribution is 2.25. The van der Waals surface area contributed by atoms with Crippen LogP contribution in [0.5, 0.6) is 0 Å². The van der Waals surface area contributed by atoms with Crippen molar-refractivity contribution in [3.8, 4) is 0 Å². The molecule has 22 heavy (non-hydrogen) atoms. The lowest BCUT2D eigenvalue weighted by atomic mass is 10.2. The number of amides is 2. The predicted octanol–water partition coefficient (Wildman–Crippen LogP) is 3.05. The lowest BCUT2D eigenvalue weighted by Gasteiger charge is -2.08. The Kier molecular flexibility index (Phi) is 5.85. The van der Waals surface area contributed by atoms with E-state index >= 15 is 0 Å². The van der Waals surface area contributed by atoms with Gasteiger partial charge in [-0.3, -0.25) is 14.6 Å². The molecular weight excluding hydrogens is 322 g/mol. The van der Waals surface area contributed by atoms with Crippen molar-refractivity contribution in [3.63, 3.8) is 0 Å². The molecule has 5 nitrogen and oxygen atoms in total. The molecule has 2 amide bonds. The van der Waals surface area contributed by atoms with Gasteiger partial charge in [0.1, 0.15) is 5.25 Å².